The van der Waals surface area contributed by atoms with Gasteiger partial charge in [0.05, 0.1) is 23.3 Å². The molecule has 2 unspecified atom stereocenters. The van der Waals surface area contributed by atoms with Crippen molar-refractivity contribution in [3.05, 3.63) is 133 Å². The maximum absolute atomic E-state index is 5.25. The van der Waals surface area contributed by atoms with Crippen molar-refractivity contribution in [1.82, 2.24) is 9.97 Å². The lowest BCUT2D eigenvalue weighted by Gasteiger charge is -2.32. The van der Waals surface area contributed by atoms with E-state index in [2.05, 4.69) is 115 Å². The highest BCUT2D eigenvalue weighted by Crippen LogP contribution is 2.48. The molecular formula is C34H22N2S. The number of thiophene rings is 1. The molecule has 2 nitrogen and oxygen atoms in total. The maximum atomic E-state index is 5.25. The van der Waals surface area contributed by atoms with Crippen LogP contribution in [0.3, 0.4) is 0 Å². The fourth-order valence-corrected chi connectivity index (χ4v) is 7.21. The summed E-state index contributed by atoms with van der Waals surface area (Å²) in [5, 5.41) is 2.64. The van der Waals surface area contributed by atoms with Gasteiger partial charge in [-0.15, -0.1) is 11.3 Å². The van der Waals surface area contributed by atoms with E-state index < -0.39 is 0 Å². The molecule has 0 fully saturated rings. The van der Waals surface area contributed by atoms with Crippen LogP contribution in [-0.2, 0) is 0 Å². The highest BCUT2D eigenvalue weighted by Gasteiger charge is 2.33. The van der Waals surface area contributed by atoms with E-state index in [-0.39, 0.29) is 5.92 Å². The molecule has 0 aliphatic heterocycles. The Labute approximate surface area is 219 Å². The van der Waals surface area contributed by atoms with Gasteiger partial charge in [-0.2, -0.15) is 0 Å². The minimum absolute atomic E-state index is 0.206. The van der Waals surface area contributed by atoms with Crippen LogP contribution in [-0.4, -0.2) is 9.97 Å². The number of aromatic nitrogens is 2. The molecule has 2 aliphatic carbocycles. The van der Waals surface area contributed by atoms with E-state index in [9.17, 15) is 0 Å². The molecule has 2 aromatic heterocycles. The van der Waals surface area contributed by atoms with Crippen molar-refractivity contribution < 1.29 is 0 Å². The maximum Gasteiger partial charge on any atom is 0.0927 e. The van der Waals surface area contributed by atoms with Crippen LogP contribution in [0.2, 0.25) is 0 Å². The Bertz CT molecular complexity index is 1910. The van der Waals surface area contributed by atoms with Gasteiger partial charge < -0.3 is 0 Å². The van der Waals surface area contributed by atoms with Gasteiger partial charge in [-0.25, -0.2) is 4.98 Å². The molecule has 2 aliphatic rings. The Morgan fingerprint density at radius 3 is 2.38 bits per heavy atom. The van der Waals surface area contributed by atoms with Crippen molar-refractivity contribution in [2.75, 3.05) is 0 Å². The predicted molar refractivity (Wildman–Crippen MR) is 155 cm³/mol. The molecule has 0 saturated heterocycles. The van der Waals surface area contributed by atoms with Gasteiger partial charge in [0.15, 0.2) is 0 Å². The molecule has 0 spiro atoms. The molecule has 0 amide bonds. The molecule has 0 N–H and O–H groups in total. The molecule has 3 heteroatoms. The Hall–Kier alpha value is -4.34. The van der Waals surface area contributed by atoms with E-state index in [1.165, 1.54) is 42.4 Å². The molecule has 174 valence electrons. The molecular weight excluding hydrogens is 468 g/mol. The Balaban J connectivity index is 1.27. The summed E-state index contributed by atoms with van der Waals surface area (Å²) in [6.45, 7) is 0. The van der Waals surface area contributed by atoms with E-state index in [4.69, 9.17) is 9.97 Å². The number of rotatable bonds is 2. The third-order valence-electron chi connectivity index (χ3n) is 7.70. The number of allylic oxidation sites excluding steroid dienone is 4. The van der Waals surface area contributed by atoms with Gasteiger partial charge in [0.25, 0.3) is 0 Å². The van der Waals surface area contributed by atoms with E-state index >= 15 is 0 Å². The number of hydrogen-bond donors (Lipinski definition) is 0. The summed E-state index contributed by atoms with van der Waals surface area (Å²) in [5.41, 5.74) is 9.09. The summed E-state index contributed by atoms with van der Waals surface area (Å²) in [5.74, 6) is 0.507. The van der Waals surface area contributed by atoms with E-state index in [0.29, 0.717) is 5.92 Å². The second-order valence-corrected chi connectivity index (χ2v) is 10.8. The second-order valence-electron chi connectivity index (χ2n) is 9.76. The predicted octanol–water partition coefficient (Wildman–Crippen LogP) is 9.15. The minimum atomic E-state index is 0.206. The van der Waals surface area contributed by atoms with Crippen molar-refractivity contribution in [3.8, 4) is 33.6 Å². The average Bonchev–Trinajstić information content (AvgIpc) is 3.36. The van der Waals surface area contributed by atoms with Crippen LogP contribution in [0.1, 0.15) is 23.1 Å². The lowest BCUT2D eigenvalue weighted by atomic mass is 9.73. The Morgan fingerprint density at radius 1 is 0.649 bits per heavy atom. The molecule has 0 saturated carbocycles. The first-order valence-electron chi connectivity index (χ1n) is 12.7. The first kappa shape index (κ1) is 20.8. The van der Waals surface area contributed by atoms with Crippen LogP contribution < -0.4 is 0 Å². The van der Waals surface area contributed by atoms with Crippen molar-refractivity contribution in [3.63, 3.8) is 0 Å². The van der Waals surface area contributed by atoms with Gasteiger partial charge in [0.1, 0.15) is 0 Å². The molecule has 37 heavy (non-hydrogen) atoms. The van der Waals surface area contributed by atoms with Gasteiger partial charge in [-0.05, 0) is 28.8 Å². The summed E-state index contributed by atoms with van der Waals surface area (Å²) in [6, 6.07) is 32.7. The van der Waals surface area contributed by atoms with Gasteiger partial charge in [-0.1, -0.05) is 103 Å². The Kier molecular flexibility index (Phi) is 4.55. The summed E-state index contributed by atoms with van der Waals surface area (Å²) < 4.78 is 2.65. The van der Waals surface area contributed by atoms with Crippen molar-refractivity contribution in [1.29, 1.82) is 0 Å². The molecule has 2 atom stereocenters. The van der Waals surface area contributed by atoms with Crippen LogP contribution >= 0.6 is 11.3 Å². The smallest absolute Gasteiger partial charge is 0.0927 e. The molecule has 4 aromatic carbocycles. The summed E-state index contributed by atoms with van der Waals surface area (Å²) >= 11 is 1.87. The largest absolute Gasteiger partial charge is 0.252 e. The van der Waals surface area contributed by atoms with Crippen molar-refractivity contribution >= 4 is 31.5 Å². The lowest BCUT2D eigenvalue weighted by Crippen LogP contribution is -2.19. The highest BCUT2D eigenvalue weighted by molar-refractivity contribution is 7.26. The third kappa shape index (κ3) is 3.18. The van der Waals surface area contributed by atoms with Gasteiger partial charge in [0, 0.05) is 43.1 Å². The van der Waals surface area contributed by atoms with Crippen LogP contribution in [0.5, 0.6) is 0 Å². The molecule has 6 aromatic rings. The quantitative estimate of drug-likeness (QED) is 0.242. The first-order valence-corrected chi connectivity index (χ1v) is 13.5. The lowest BCUT2D eigenvalue weighted by molar-refractivity contribution is 0.692. The normalized spacial score (nSPS) is 17.5. The molecule has 8 rings (SSSR count). The average molecular weight is 491 g/mol. The molecule has 2 heterocycles. The van der Waals surface area contributed by atoms with Crippen LogP contribution in [0.4, 0.5) is 0 Å². The zero-order chi connectivity index (χ0) is 24.3. The van der Waals surface area contributed by atoms with Gasteiger partial charge >= 0.3 is 0 Å². The zero-order valence-electron chi connectivity index (χ0n) is 20.0. The molecule has 0 radical (unpaired) electrons. The Morgan fingerprint density at radius 2 is 1.41 bits per heavy atom. The van der Waals surface area contributed by atoms with Crippen LogP contribution in [0.15, 0.2) is 121 Å². The third-order valence-corrected chi connectivity index (χ3v) is 8.92. The number of fused-ring (bicyclic) bond motifs is 9. The number of nitrogens with zero attached hydrogens (tertiary/aromatic N) is 2. The van der Waals surface area contributed by atoms with Crippen molar-refractivity contribution in [2.45, 2.75) is 11.8 Å². The summed E-state index contributed by atoms with van der Waals surface area (Å²) in [4.78, 5) is 10.2. The fraction of sp³-hybridized carbons (Fsp3) is 0.0588. The monoisotopic (exact) mass is 490 g/mol. The zero-order valence-corrected chi connectivity index (χ0v) is 20.8. The van der Waals surface area contributed by atoms with E-state index in [1.54, 1.807) is 0 Å². The van der Waals surface area contributed by atoms with Gasteiger partial charge in [0.2, 0.25) is 0 Å². The summed E-state index contributed by atoms with van der Waals surface area (Å²) in [6.07, 6.45) is 10.8. The fourth-order valence-electron chi connectivity index (χ4n) is 5.97. The van der Waals surface area contributed by atoms with Crippen LogP contribution in [0, 0.1) is 0 Å². The second kappa shape index (κ2) is 8.09. The summed E-state index contributed by atoms with van der Waals surface area (Å²) in [7, 11) is 0. The minimum Gasteiger partial charge on any atom is -0.252 e. The number of hydrogen-bond acceptors (Lipinski definition) is 3. The topological polar surface area (TPSA) is 25.8 Å². The number of benzene rings is 4. The SMILES string of the molecule is C1=CC2c3ccccc3-c3ncc(-c4cccc(-c5cccc6c5sc5ccccc56)c4)nc3C2C=C1. The van der Waals surface area contributed by atoms with Crippen molar-refractivity contribution in [2.24, 2.45) is 0 Å². The van der Waals surface area contributed by atoms with Gasteiger partial charge in [-0.3, -0.25) is 4.98 Å². The highest BCUT2D eigenvalue weighted by atomic mass is 32.1. The van der Waals surface area contributed by atoms with E-state index in [0.717, 1.165) is 22.6 Å². The van der Waals surface area contributed by atoms with E-state index in [1.807, 2.05) is 17.5 Å². The first-order chi connectivity index (χ1) is 18.3. The van der Waals surface area contributed by atoms with Crippen LogP contribution in [0.25, 0.3) is 53.8 Å². The molecule has 0 bridgehead atoms. The standard InChI is InChI=1S/C34H22N2S/c1-3-14-27-24(11-1)25-12-2-4-15-28(25)33-32(27)35-20-30(36-33)22-10-7-9-21(19-22)23-16-8-17-29-26-13-5-6-18-31(26)37-34(23)29/h1-20,25,28H.